The number of halogens is 1. The molecular weight excluding hydrogens is 227 g/mol. The molecule has 3 heteroatoms. The molecule has 2 nitrogen and oxygen atoms in total. The third-order valence-electron chi connectivity index (χ3n) is 3.03. The maximum atomic E-state index is 13.0. The van der Waals surface area contributed by atoms with Crippen molar-refractivity contribution in [2.45, 2.75) is 13.3 Å². The molecule has 1 aromatic heterocycles. The lowest BCUT2D eigenvalue weighted by Crippen LogP contribution is -1.99. The minimum atomic E-state index is -0.221. The van der Waals surface area contributed by atoms with Crippen LogP contribution in [0, 0.1) is 5.82 Å². The van der Waals surface area contributed by atoms with Crippen molar-refractivity contribution in [2.75, 3.05) is 0 Å². The smallest absolute Gasteiger partial charge is 0.123 e. The van der Waals surface area contributed by atoms with E-state index in [4.69, 9.17) is 0 Å². The molecule has 1 heterocycles. The zero-order valence-electron chi connectivity index (χ0n) is 10.1. The first kappa shape index (κ1) is 11.0. The quantitative estimate of drug-likeness (QED) is 0.667. The maximum absolute atomic E-state index is 13.0. The molecule has 90 valence electrons. The fraction of sp³-hybridized carbons (Fsp3) is 0.133. The van der Waals surface area contributed by atoms with Gasteiger partial charge in [-0.1, -0.05) is 19.1 Å². The molecule has 18 heavy (non-hydrogen) atoms. The van der Waals surface area contributed by atoms with E-state index < -0.39 is 0 Å². The normalized spacial score (nSPS) is 11.0. The minimum Gasteiger partial charge on any atom is -0.296 e. The van der Waals surface area contributed by atoms with Gasteiger partial charge in [-0.05, 0) is 36.4 Å². The Labute approximate surface area is 105 Å². The number of hydrogen-bond donors (Lipinski definition) is 0. The first-order chi connectivity index (χ1) is 8.79. The summed E-state index contributed by atoms with van der Waals surface area (Å²) < 4.78 is 15.1. The van der Waals surface area contributed by atoms with Gasteiger partial charge < -0.3 is 0 Å². The lowest BCUT2D eigenvalue weighted by atomic mass is 10.2. The molecule has 2 aromatic carbocycles. The Bertz CT molecular complexity index is 683. The maximum Gasteiger partial charge on any atom is 0.123 e. The number of hydrogen-bond acceptors (Lipinski definition) is 1. The molecule has 0 aliphatic rings. The van der Waals surface area contributed by atoms with Crippen LogP contribution in [0.5, 0.6) is 0 Å². The highest BCUT2D eigenvalue weighted by molar-refractivity contribution is 5.78. The van der Waals surface area contributed by atoms with E-state index >= 15 is 0 Å². The third-order valence-corrected chi connectivity index (χ3v) is 3.03. The van der Waals surface area contributed by atoms with E-state index in [-0.39, 0.29) is 5.82 Å². The van der Waals surface area contributed by atoms with Crippen LogP contribution in [0.2, 0.25) is 0 Å². The topological polar surface area (TPSA) is 17.8 Å². The first-order valence-corrected chi connectivity index (χ1v) is 6.02. The van der Waals surface area contributed by atoms with Crippen LogP contribution >= 0.6 is 0 Å². The average molecular weight is 240 g/mol. The number of rotatable bonds is 2. The van der Waals surface area contributed by atoms with Gasteiger partial charge in [-0.25, -0.2) is 9.37 Å². The minimum absolute atomic E-state index is 0.221. The number of aryl methyl sites for hydroxylation is 1. The van der Waals surface area contributed by atoms with E-state index in [0.717, 1.165) is 29.0 Å². The summed E-state index contributed by atoms with van der Waals surface area (Å²) in [6.07, 6.45) is 0.839. The summed E-state index contributed by atoms with van der Waals surface area (Å²) in [5.41, 5.74) is 2.97. The average Bonchev–Trinajstić information content (AvgIpc) is 2.78. The SMILES string of the molecule is CCc1nc2ccccc2n1-c1ccc(F)cc1. The highest BCUT2D eigenvalue weighted by Crippen LogP contribution is 2.21. The molecule has 3 aromatic rings. The summed E-state index contributed by atoms with van der Waals surface area (Å²) in [5, 5.41) is 0. The molecule has 0 amide bonds. The van der Waals surface area contributed by atoms with Crippen molar-refractivity contribution in [3.63, 3.8) is 0 Å². The predicted molar refractivity (Wildman–Crippen MR) is 70.4 cm³/mol. The molecule has 0 bridgehead atoms. The van der Waals surface area contributed by atoms with Gasteiger partial charge in [0.2, 0.25) is 0 Å². The van der Waals surface area contributed by atoms with Crippen LogP contribution in [-0.4, -0.2) is 9.55 Å². The van der Waals surface area contributed by atoms with Gasteiger partial charge in [-0.2, -0.15) is 0 Å². The summed E-state index contributed by atoms with van der Waals surface area (Å²) in [4.78, 5) is 4.60. The van der Waals surface area contributed by atoms with Crippen LogP contribution in [-0.2, 0) is 6.42 Å². The molecule has 0 spiro atoms. The molecule has 0 saturated carbocycles. The predicted octanol–water partition coefficient (Wildman–Crippen LogP) is 3.73. The van der Waals surface area contributed by atoms with Crippen molar-refractivity contribution in [3.05, 3.63) is 60.2 Å². The molecule has 0 N–H and O–H groups in total. The molecule has 0 unspecified atom stereocenters. The molecule has 0 fully saturated rings. The van der Waals surface area contributed by atoms with Crippen molar-refractivity contribution in [1.29, 1.82) is 0 Å². The van der Waals surface area contributed by atoms with E-state index in [2.05, 4.69) is 16.5 Å². The third kappa shape index (κ3) is 1.68. The van der Waals surface area contributed by atoms with Crippen LogP contribution in [0.1, 0.15) is 12.7 Å². The molecule has 0 aliphatic carbocycles. The first-order valence-electron chi connectivity index (χ1n) is 6.02. The zero-order chi connectivity index (χ0) is 12.5. The van der Waals surface area contributed by atoms with Crippen molar-refractivity contribution in [1.82, 2.24) is 9.55 Å². The largest absolute Gasteiger partial charge is 0.296 e. The van der Waals surface area contributed by atoms with Crippen molar-refractivity contribution in [3.8, 4) is 5.69 Å². The Balaban J connectivity index is 2.29. The summed E-state index contributed by atoms with van der Waals surface area (Å²) in [5.74, 6) is 0.768. The highest BCUT2D eigenvalue weighted by atomic mass is 19.1. The molecule has 0 atom stereocenters. The van der Waals surface area contributed by atoms with Crippen molar-refractivity contribution < 1.29 is 4.39 Å². The van der Waals surface area contributed by atoms with Gasteiger partial charge in [-0.15, -0.1) is 0 Å². The molecule has 0 saturated heterocycles. The van der Waals surface area contributed by atoms with Gasteiger partial charge in [0.25, 0.3) is 0 Å². The van der Waals surface area contributed by atoms with Crippen LogP contribution in [0.3, 0.4) is 0 Å². The van der Waals surface area contributed by atoms with Gasteiger partial charge in [0.15, 0.2) is 0 Å². The Morgan fingerprint density at radius 2 is 1.78 bits per heavy atom. The molecular formula is C15H13FN2. The fourth-order valence-electron chi connectivity index (χ4n) is 2.19. The second-order valence-electron chi connectivity index (χ2n) is 4.18. The number of imidazole rings is 1. The number of aromatic nitrogens is 2. The Hall–Kier alpha value is -2.16. The van der Waals surface area contributed by atoms with Crippen LogP contribution in [0.4, 0.5) is 4.39 Å². The standard InChI is InChI=1S/C15H13FN2/c1-2-15-17-13-5-3-4-6-14(13)18(15)12-9-7-11(16)8-10-12/h3-10H,2H2,1H3. The summed E-state index contributed by atoms with van der Waals surface area (Å²) >= 11 is 0. The van der Waals surface area contributed by atoms with Crippen molar-refractivity contribution >= 4 is 11.0 Å². The van der Waals surface area contributed by atoms with Gasteiger partial charge in [0.05, 0.1) is 11.0 Å². The Morgan fingerprint density at radius 3 is 2.50 bits per heavy atom. The van der Waals surface area contributed by atoms with E-state index in [0.29, 0.717) is 0 Å². The lowest BCUT2D eigenvalue weighted by molar-refractivity contribution is 0.627. The Morgan fingerprint density at radius 1 is 1.06 bits per heavy atom. The van der Waals surface area contributed by atoms with Gasteiger partial charge in [0.1, 0.15) is 11.6 Å². The number of nitrogens with zero attached hydrogens (tertiary/aromatic N) is 2. The number of benzene rings is 2. The lowest BCUT2D eigenvalue weighted by Gasteiger charge is -2.07. The van der Waals surface area contributed by atoms with Crippen LogP contribution in [0.15, 0.2) is 48.5 Å². The van der Waals surface area contributed by atoms with E-state index in [1.807, 2.05) is 24.3 Å². The Kier molecular flexibility index (Phi) is 2.59. The molecule has 0 radical (unpaired) electrons. The summed E-state index contributed by atoms with van der Waals surface area (Å²) in [7, 11) is 0. The fourth-order valence-corrected chi connectivity index (χ4v) is 2.19. The van der Waals surface area contributed by atoms with E-state index in [9.17, 15) is 4.39 Å². The molecule has 0 aliphatic heterocycles. The summed E-state index contributed by atoms with van der Waals surface area (Å²) in [6.45, 7) is 2.07. The second-order valence-corrected chi connectivity index (χ2v) is 4.18. The second kappa shape index (κ2) is 4.26. The van der Waals surface area contributed by atoms with E-state index in [1.54, 1.807) is 12.1 Å². The zero-order valence-corrected chi connectivity index (χ0v) is 10.1. The van der Waals surface area contributed by atoms with Crippen LogP contribution in [0.25, 0.3) is 16.7 Å². The monoisotopic (exact) mass is 240 g/mol. The highest BCUT2D eigenvalue weighted by Gasteiger charge is 2.10. The van der Waals surface area contributed by atoms with Crippen molar-refractivity contribution in [2.24, 2.45) is 0 Å². The number of fused-ring (bicyclic) bond motifs is 1. The van der Waals surface area contributed by atoms with Gasteiger partial charge >= 0.3 is 0 Å². The summed E-state index contributed by atoms with van der Waals surface area (Å²) in [6, 6.07) is 14.5. The van der Waals surface area contributed by atoms with Crippen LogP contribution < -0.4 is 0 Å². The van der Waals surface area contributed by atoms with Gasteiger partial charge in [0, 0.05) is 12.1 Å². The molecule has 3 rings (SSSR count). The number of para-hydroxylation sites is 2. The van der Waals surface area contributed by atoms with E-state index in [1.165, 1.54) is 12.1 Å². The van der Waals surface area contributed by atoms with Gasteiger partial charge in [-0.3, -0.25) is 4.57 Å².